The minimum Gasteiger partial charge on any atom is -0.363 e. The number of anilines is 1. The molecule has 118 valence electrons. The quantitative estimate of drug-likeness (QED) is 0.905. The Hall–Kier alpha value is -1.51. The molecule has 0 radical (unpaired) electrons. The summed E-state index contributed by atoms with van der Waals surface area (Å²) in [6.07, 6.45) is 4.52. The van der Waals surface area contributed by atoms with Gasteiger partial charge in [-0.2, -0.15) is 4.31 Å². The van der Waals surface area contributed by atoms with Crippen LogP contribution in [-0.2, 0) is 16.6 Å². The predicted molar refractivity (Wildman–Crippen MR) is 86.3 cm³/mol. The second-order valence-electron chi connectivity index (χ2n) is 5.15. The number of pyridine rings is 1. The van der Waals surface area contributed by atoms with Gasteiger partial charge in [0.05, 0.1) is 17.7 Å². The van der Waals surface area contributed by atoms with Gasteiger partial charge in [0.15, 0.2) is 0 Å². The van der Waals surface area contributed by atoms with Crippen LogP contribution in [0, 0.1) is 0 Å². The highest BCUT2D eigenvalue weighted by Gasteiger charge is 2.28. The SMILES string of the molecule is O=S(=O)(c1cccnc1NCc1cscn1)N1CCCCC1. The Kier molecular flexibility index (Phi) is 4.70. The topological polar surface area (TPSA) is 75.2 Å². The third-order valence-electron chi connectivity index (χ3n) is 3.62. The highest BCUT2D eigenvalue weighted by molar-refractivity contribution is 7.89. The lowest BCUT2D eigenvalue weighted by Crippen LogP contribution is -2.36. The molecule has 0 spiro atoms. The number of hydrogen-bond donors (Lipinski definition) is 1. The van der Waals surface area contributed by atoms with Crippen molar-refractivity contribution in [3.8, 4) is 0 Å². The maximum atomic E-state index is 12.8. The van der Waals surface area contributed by atoms with Crippen LogP contribution in [-0.4, -0.2) is 35.8 Å². The zero-order valence-corrected chi connectivity index (χ0v) is 13.7. The van der Waals surface area contributed by atoms with Gasteiger partial charge in [0.25, 0.3) is 0 Å². The van der Waals surface area contributed by atoms with E-state index in [1.54, 1.807) is 28.1 Å². The van der Waals surface area contributed by atoms with Gasteiger partial charge in [-0.05, 0) is 25.0 Å². The molecule has 1 N–H and O–H groups in total. The van der Waals surface area contributed by atoms with Gasteiger partial charge in [0, 0.05) is 24.7 Å². The van der Waals surface area contributed by atoms with Crippen molar-refractivity contribution in [2.75, 3.05) is 18.4 Å². The summed E-state index contributed by atoms with van der Waals surface area (Å²) in [5, 5.41) is 5.01. The first-order valence-corrected chi connectivity index (χ1v) is 9.62. The van der Waals surface area contributed by atoms with Crippen LogP contribution < -0.4 is 5.32 Å². The second kappa shape index (κ2) is 6.72. The molecule has 0 atom stereocenters. The Morgan fingerprint density at radius 3 is 2.77 bits per heavy atom. The number of sulfonamides is 1. The summed E-state index contributed by atoms with van der Waals surface area (Å²) in [7, 11) is -3.49. The van der Waals surface area contributed by atoms with Crippen molar-refractivity contribution in [2.24, 2.45) is 0 Å². The molecule has 8 heteroatoms. The van der Waals surface area contributed by atoms with Gasteiger partial charge in [-0.1, -0.05) is 6.42 Å². The normalized spacial score (nSPS) is 16.5. The zero-order chi connectivity index (χ0) is 15.4. The average molecular weight is 338 g/mol. The molecule has 0 bridgehead atoms. The Balaban J connectivity index is 1.83. The fourth-order valence-corrected chi connectivity index (χ4v) is 4.67. The highest BCUT2D eigenvalue weighted by Crippen LogP contribution is 2.25. The van der Waals surface area contributed by atoms with E-state index in [1.807, 2.05) is 5.38 Å². The molecule has 0 amide bonds. The van der Waals surface area contributed by atoms with E-state index in [9.17, 15) is 8.42 Å². The Labute approximate surface area is 134 Å². The molecule has 1 fully saturated rings. The molecular formula is C14H18N4O2S2. The molecule has 3 heterocycles. The van der Waals surface area contributed by atoms with Crippen LogP contribution in [0.3, 0.4) is 0 Å². The van der Waals surface area contributed by atoms with E-state index >= 15 is 0 Å². The Morgan fingerprint density at radius 2 is 2.05 bits per heavy atom. The number of piperidine rings is 1. The fraction of sp³-hybridized carbons (Fsp3) is 0.429. The molecular weight excluding hydrogens is 320 g/mol. The minimum atomic E-state index is -3.49. The maximum Gasteiger partial charge on any atom is 0.246 e. The van der Waals surface area contributed by atoms with Crippen LogP contribution in [0.5, 0.6) is 0 Å². The van der Waals surface area contributed by atoms with Crippen LogP contribution in [0.15, 0.2) is 34.1 Å². The average Bonchev–Trinajstić information content (AvgIpc) is 3.07. The minimum absolute atomic E-state index is 0.243. The summed E-state index contributed by atoms with van der Waals surface area (Å²) >= 11 is 1.51. The Morgan fingerprint density at radius 1 is 1.23 bits per heavy atom. The molecule has 22 heavy (non-hydrogen) atoms. The number of thiazole rings is 1. The summed E-state index contributed by atoms with van der Waals surface area (Å²) in [4.78, 5) is 8.62. The largest absolute Gasteiger partial charge is 0.363 e. The van der Waals surface area contributed by atoms with Gasteiger partial charge in [0.1, 0.15) is 10.7 Å². The number of aromatic nitrogens is 2. The summed E-state index contributed by atoms with van der Waals surface area (Å²) < 4.78 is 27.2. The standard InChI is InChI=1S/C14H18N4O2S2/c19-22(20,18-7-2-1-3-8-18)13-5-4-6-15-14(13)16-9-12-10-21-11-17-12/h4-6,10-11H,1-3,7-9H2,(H,15,16). The zero-order valence-electron chi connectivity index (χ0n) is 12.1. The number of rotatable bonds is 5. The van der Waals surface area contributed by atoms with Gasteiger partial charge in [0.2, 0.25) is 10.0 Å². The number of nitrogens with one attached hydrogen (secondary N) is 1. The molecule has 3 rings (SSSR count). The molecule has 2 aromatic rings. The lowest BCUT2D eigenvalue weighted by atomic mass is 10.2. The summed E-state index contributed by atoms with van der Waals surface area (Å²) in [6.45, 7) is 1.63. The molecule has 1 saturated heterocycles. The first-order chi connectivity index (χ1) is 10.7. The van der Waals surface area contributed by atoms with Gasteiger partial charge in [-0.3, -0.25) is 0 Å². The van der Waals surface area contributed by atoms with Crippen molar-refractivity contribution in [2.45, 2.75) is 30.7 Å². The van der Waals surface area contributed by atoms with Crippen LogP contribution in [0.2, 0.25) is 0 Å². The monoisotopic (exact) mass is 338 g/mol. The van der Waals surface area contributed by atoms with E-state index < -0.39 is 10.0 Å². The number of hydrogen-bond acceptors (Lipinski definition) is 6. The smallest absolute Gasteiger partial charge is 0.246 e. The van der Waals surface area contributed by atoms with Crippen molar-refractivity contribution in [3.05, 3.63) is 34.9 Å². The third kappa shape index (κ3) is 3.29. The summed E-state index contributed by atoms with van der Waals surface area (Å²) in [5.41, 5.74) is 2.62. The van der Waals surface area contributed by atoms with E-state index in [1.165, 1.54) is 11.3 Å². The van der Waals surface area contributed by atoms with Crippen molar-refractivity contribution in [1.82, 2.24) is 14.3 Å². The van der Waals surface area contributed by atoms with Crippen molar-refractivity contribution in [1.29, 1.82) is 0 Å². The molecule has 0 aliphatic carbocycles. The van der Waals surface area contributed by atoms with Crippen molar-refractivity contribution >= 4 is 27.2 Å². The van der Waals surface area contributed by atoms with E-state index in [4.69, 9.17) is 0 Å². The molecule has 1 aliphatic rings. The van der Waals surface area contributed by atoms with E-state index in [2.05, 4.69) is 15.3 Å². The third-order valence-corrected chi connectivity index (χ3v) is 6.19. The van der Waals surface area contributed by atoms with Crippen LogP contribution in [0.25, 0.3) is 0 Å². The van der Waals surface area contributed by atoms with Gasteiger partial charge < -0.3 is 5.32 Å². The van der Waals surface area contributed by atoms with E-state index in [-0.39, 0.29) is 4.90 Å². The van der Waals surface area contributed by atoms with Crippen molar-refractivity contribution < 1.29 is 8.42 Å². The first-order valence-electron chi connectivity index (χ1n) is 7.24. The second-order valence-corrected chi connectivity index (χ2v) is 7.77. The van der Waals surface area contributed by atoms with E-state index in [0.29, 0.717) is 25.5 Å². The fourth-order valence-electron chi connectivity index (χ4n) is 2.47. The van der Waals surface area contributed by atoms with Crippen LogP contribution in [0.1, 0.15) is 25.0 Å². The Bertz CT molecular complexity index is 710. The van der Waals surface area contributed by atoms with E-state index in [0.717, 1.165) is 25.0 Å². The predicted octanol–water partition coefficient (Wildman–Crippen LogP) is 2.32. The lowest BCUT2D eigenvalue weighted by Gasteiger charge is -2.26. The maximum absolute atomic E-state index is 12.8. The molecule has 0 aromatic carbocycles. The molecule has 1 aliphatic heterocycles. The van der Waals surface area contributed by atoms with Gasteiger partial charge in [-0.25, -0.2) is 18.4 Å². The summed E-state index contributed by atoms with van der Waals surface area (Å²) in [6, 6.07) is 3.27. The number of nitrogens with zero attached hydrogens (tertiary/aromatic N) is 3. The molecule has 6 nitrogen and oxygen atoms in total. The molecule has 0 unspecified atom stereocenters. The highest BCUT2D eigenvalue weighted by atomic mass is 32.2. The van der Waals surface area contributed by atoms with Gasteiger partial charge in [-0.15, -0.1) is 11.3 Å². The van der Waals surface area contributed by atoms with Crippen LogP contribution in [0.4, 0.5) is 5.82 Å². The molecule has 0 saturated carbocycles. The first kappa shape index (κ1) is 15.4. The van der Waals surface area contributed by atoms with Crippen LogP contribution >= 0.6 is 11.3 Å². The van der Waals surface area contributed by atoms with Crippen molar-refractivity contribution in [3.63, 3.8) is 0 Å². The summed E-state index contributed by atoms with van der Waals surface area (Å²) in [5.74, 6) is 0.390. The lowest BCUT2D eigenvalue weighted by molar-refractivity contribution is 0.346. The van der Waals surface area contributed by atoms with Gasteiger partial charge >= 0.3 is 0 Å². The molecule has 2 aromatic heterocycles.